The van der Waals surface area contributed by atoms with E-state index in [2.05, 4.69) is 25.7 Å². The van der Waals surface area contributed by atoms with Gasteiger partial charge in [0.1, 0.15) is 0 Å². The van der Waals surface area contributed by atoms with Crippen molar-refractivity contribution in [2.45, 2.75) is 71.4 Å². The van der Waals surface area contributed by atoms with E-state index < -0.39 is 5.97 Å². The second-order valence-electron chi connectivity index (χ2n) is 7.79. The highest BCUT2D eigenvalue weighted by atomic mass is 32.2. The normalized spacial score (nSPS) is 32.6. The summed E-state index contributed by atoms with van der Waals surface area (Å²) in [6.45, 7) is 8.17. The lowest BCUT2D eigenvalue weighted by molar-refractivity contribution is -0.138. The lowest BCUT2D eigenvalue weighted by atomic mass is 9.76. The van der Waals surface area contributed by atoms with Crippen molar-refractivity contribution in [3.63, 3.8) is 0 Å². The number of carboxylic acids is 1. The van der Waals surface area contributed by atoms with Gasteiger partial charge in [0.2, 0.25) is 0 Å². The van der Waals surface area contributed by atoms with Crippen LogP contribution in [0, 0.1) is 11.3 Å². The van der Waals surface area contributed by atoms with Gasteiger partial charge in [-0.2, -0.15) is 11.8 Å². The molecule has 0 aromatic carbocycles. The zero-order chi connectivity index (χ0) is 15.5. The van der Waals surface area contributed by atoms with Crippen LogP contribution < -0.4 is 0 Å². The minimum absolute atomic E-state index is 0.248. The fourth-order valence-corrected chi connectivity index (χ4v) is 5.09. The second-order valence-corrected chi connectivity index (χ2v) is 8.94. The SMILES string of the molecule is CC(C)(C)C1CCCC(N2CCSCC2CC(=O)O)CC1. The summed E-state index contributed by atoms with van der Waals surface area (Å²) in [5.41, 5.74) is 0.410. The van der Waals surface area contributed by atoms with Crippen LogP contribution in [0.4, 0.5) is 0 Å². The standard InChI is InChI=1S/C17H31NO2S/c1-17(2,3)13-5-4-6-14(8-7-13)18-9-10-21-12-15(18)11-16(19)20/h13-15H,4-12H2,1-3H3,(H,19,20). The number of aliphatic carboxylic acids is 1. The summed E-state index contributed by atoms with van der Waals surface area (Å²) in [7, 11) is 0. The molecular formula is C17H31NO2S. The van der Waals surface area contributed by atoms with E-state index in [9.17, 15) is 4.79 Å². The minimum Gasteiger partial charge on any atom is -0.481 e. The van der Waals surface area contributed by atoms with E-state index in [0.717, 1.165) is 24.0 Å². The van der Waals surface area contributed by atoms with Gasteiger partial charge in [0.15, 0.2) is 0 Å². The largest absolute Gasteiger partial charge is 0.481 e. The maximum atomic E-state index is 11.1. The van der Waals surface area contributed by atoms with Gasteiger partial charge in [0, 0.05) is 30.1 Å². The van der Waals surface area contributed by atoms with Gasteiger partial charge < -0.3 is 5.11 Å². The maximum absolute atomic E-state index is 11.1. The van der Waals surface area contributed by atoms with Gasteiger partial charge in [0.05, 0.1) is 6.42 Å². The summed E-state index contributed by atoms with van der Waals surface area (Å²) >= 11 is 1.92. The van der Waals surface area contributed by atoms with Crippen molar-refractivity contribution >= 4 is 17.7 Å². The number of thioether (sulfide) groups is 1. The van der Waals surface area contributed by atoms with Gasteiger partial charge in [-0.1, -0.05) is 27.2 Å². The monoisotopic (exact) mass is 313 g/mol. The van der Waals surface area contributed by atoms with Crippen LogP contribution in [0.25, 0.3) is 0 Å². The van der Waals surface area contributed by atoms with Crippen molar-refractivity contribution in [3.05, 3.63) is 0 Å². The number of rotatable bonds is 3. The van der Waals surface area contributed by atoms with Crippen LogP contribution in [0.5, 0.6) is 0 Å². The van der Waals surface area contributed by atoms with E-state index in [1.807, 2.05) is 11.8 Å². The summed E-state index contributed by atoms with van der Waals surface area (Å²) in [4.78, 5) is 13.6. The van der Waals surface area contributed by atoms with E-state index in [1.165, 1.54) is 32.1 Å². The van der Waals surface area contributed by atoms with E-state index in [-0.39, 0.29) is 6.04 Å². The Morgan fingerprint density at radius 2 is 2.00 bits per heavy atom. The summed E-state index contributed by atoms with van der Waals surface area (Å²) < 4.78 is 0. The molecule has 3 unspecified atom stereocenters. The van der Waals surface area contributed by atoms with Gasteiger partial charge in [0.25, 0.3) is 0 Å². The second kappa shape index (κ2) is 7.36. The molecule has 0 radical (unpaired) electrons. The van der Waals surface area contributed by atoms with E-state index >= 15 is 0 Å². The Morgan fingerprint density at radius 3 is 2.67 bits per heavy atom. The number of nitrogens with zero attached hydrogens (tertiary/aromatic N) is 1. The number of carbonyl (C=O) groups is 1. The highest BCUT2D eigenvalue weighted by Crippen LogP contribution is 2.38. The van der Waals surface area contributed by atoms with E-state index in [4.69, 9.17) is 5.11 Å². The number of hydrogen-bond acceptors (Lipinski definition) is 3. The van der Waals surface area contributed by atoms with Crippen LogP contribution in [0.15, 0.2) is 0 Å². The zero-order valence-electron chi connectivity index (χ0n) is 13.8. The molecule has 3 atom stereocenters. The number of carboxylic acid groups (broad SMARTS) is 1. The van der Waals surface area contributed by atoms with Crippen LogP contribution in [0.3, 0.4) is 0 Å². The lowest BCUT2D eigenvalue weighted by Crippen LogP contribution is -2.49. The Morgan fingerprint density at radius 1 is 1.24 bits per heavy atom. The Hall–Kier alpha value is -0.220. The molecule has 21 heavy (non-hydrogen) atoms. The van der Waals surface area contributed by atoms with E-state index in [0.29, 0.717) is 17.9 Å². The molecule has 2 rings (SSSR count). The van der Waals surface area contributed by atoms with Crippen molar-refractivity contribution < 1.29 is 9.90 Å². The molecule has 0 amide bonds. The van der Waals surface area contributed by atoms with E-state index in [1.54, 1.807) is 0 Å². The van der Waals surface area contributed by atoms with Crippen LogP contribution in [0.1, 0.15) is 59.3 Å². The molecule has 1 N–H and O–H groups in total. The summed E-state index contributed by atoms with van der Waals surface area (Å²) in [6, 6.07) is 0.861. The topological polar surface area (TPSA) is 40.5 Å². The van der Waals surface area contributed by atoms with Gasteiger partial charge in [-0.25, -0.2) is 0 Å². The van der Waals surface area contributed by atoms with Gasteiger partial charge >= 0.3 is 5.97 Å². The van der Waals surface area contributed by atoms with Crippen molar-refractivity contribution in [1.29, 1.82) is 0 Å². The maximum Gasteiger partial charge on any atom is 0.304 e. The quantitative estimate of drug-likeness (QED) is 0.803. The first-order valence-corrected chi connectivity index (χ1v) is 9.58. The molecule has 1 aliphatic carbocycles. The molecule has 4 heteroatoms. The summed E-state index contributed by atoms with van der Waals surface area (Å²) in [6.07, 6.45) is 6.77. The molecular weight excluding hydrogens is 282 g/mol. The average Bonchev–Trinajstić information content (AvgIpc) is 2.64. The predicted molar refractivity (Wildman–Crippen MR) is 89.9 cm³/mol. The third kappa shape index (κ3) is 4.88. The van der Waals surface area contributed by atoms with Gasteiger partial charge in [-0.05, 0) is 37.0 Å². The molecule has 1 aliphatic heterocycles. The molecule has 122 valence electrons. The first-order valence-electron chi connectivity index (χ1n) is 8.43. The van der Waals surface area contributed by atoms with Crippen molar-refractivity contribution in [3.8, 4) is 0 Å². The Bertz CT molecular complexity index is 353. The first kappa shape index (κ1) is 17.1. The van der Waals surface area contributed by atoms with Crippen molar-refractivity contribution in [2.75, 3.05) is 18.1 Å². The van der Waals surface area contributed by atoms with Crippen LogP contribution in [-0.4, -0.2) is 46.1 Å². The fourth-order valence-electron chi connectivity index (χ4n) is 4.01. The third-order valence-electron chi connectivity index (χ3n) is 5.32. The Balaban J connectivity index is 1.97. The van der Waals surface area contributed by atoms with Crippen LogP contribution in [-0.2, 0) is 4.79 Å². The summed E-state index contributed by atoms with van der Waals surface area (Å²) in [5.74, 6) is 2.33. The highest BCUT2D eigenvalue weighted by Gasteiger charge is 2.34. The fraction of sp³-hybridized carbons (Fsp3) is 0.941. The molecule has 0 aromatic rings. The number of hydrogen-bond donors (Lipinski definition) is 1. The van der Waals surface area contributed by atoms with Crippen LogP contribution >= 0.6 is 11.8 Å². The molecule has 0 bridgehead atoms. The molecule has 1 saturated carbocycles. The molecule has 3 nitrogen and oxygen atoms in total. The molecule has 2 fully saturated rings. The van der Waals surface area contributed by atoms with Crippen LogP contribution in [0.2, 0.25) is 0 Å². The predicted octanol–water partition coefficient (Wildman–Crippen LogP) is 3.87. The zero-order valence-corrected chi connectivity index (χ0v) is 14.6. The molecule has 2 aliphatic rings. The van der Waals surface area contributed by atoms with Gasteiger partial charge in [-0.3, -0.25) is 9.69 Å². The summed E-state index contributed by atoms with van der Waals surface area (Å²) in [5, 5.41) is 9.15. The van der Waals surface area contributed by atoms with Crippen molar-refractivity contribution in [1.82, 2.24) is 4.90 Å². The first-order chi connectivity index (χ1) is 9.88. The molecule has 1 heterocycles. The Kier molecular flexibility index (Phi) is 6.01. The van der Waals surface area contributed by atoms with Gasteiger partial charge in [-0.15, -0.1) is 0 Å². The average molecular weight is 314 g/mol. The smallest absolute Gasteiger partial charge is 0.304 e. The molecule has 0 aromatic heterocycles. The highest BCUT2D eigenvalue weighted by molar-refractivity contribution is 7.99. The minimum atomic E-state index is -0.645. The molecule has 1 saturated heterocycles. The Labute approximate surface area is 133 Å². The third-order valence-corrected chi connectivity index (χ3v) is 6.41. The molecule has 0 spiro atoms. The lowest BCUT2D eigenvalue weighted by Gasteiger charge is -2.40. The van der Waals surface area contributed by atoms with Crippen molar-refractivity contribution in [2.24, 2.45) is 11.3 Å².